The van der Waals surface area contributed by atoms with Gasteiger partial charge in [-0.1, -0.05) is 24.3 Å². The summed E-state index contributed by atoms with van der Waals surface area (Å²) >= 11 is 0. The fourth-order valence-corrected chi connectivity index (χ4v) is 2.64. The molecule has 0 bridgehead atoms. The van der Waals surface area contributed by atoms with Crippen LogP contribution < -0.4 is 4.90 Å². The predicted molar refractivity (Wildman–Crippen MR) is 103 cm³/mol. The number of nitrogens with zero attached hydrogens (tertiary/aromatic N) is 4. The number of nitro benzene ring substituents is 1. The molecule has 3 aromatic carbocycles. The summed E-state index contributed by atoms with van der Waals surface area (Å²) in [5.41, 5.74) is 4.22. The summed E-state index contributed by atoms with van der Waals surface area (Å²) in [5, 5.41) is 19.6. The van der Waals surface area contributed by atoms with E-state index in [0.717, 1.165) is 22.5 Å². The molecule has 0 spiro atoms. The molecule has 0 fully saturated rings. The van der Waals surface area contributed by atoms with Crippen molar-refractivity contribution in [3.63, 3.8) is 0 Å². The van der Waals surface area contributed by atoms with E-state index in [1.807, 2.05) is 67.5 Å². The highest BCUT2D eigenvalue weighted by atomic mass is 16.6. The van der Waals surface area contributed by atoms with Gasteiger partial charge in [0.25, 0.3) is 5.69 Å². The van der Waals surface area contributed by atoms with Crippen LogP contribution >= 0.6 is 0 Å². The van der Waals surface area contributed by atoms with Crippen LogP contribution in [0.15, 0.2) is 83.0 Å². The number of non-ortho nitro benzene ring substituents is 1. The van der Waals surface area contributed by atoms with Gasteiger partial charge in [-0.05, 0) is 42.0 Å². The van der Waals surface area contributed by atoms with Gasteiger partial charge in [-0.3, -0.25) is 10.1 Å². The number of hydrogen-bond donors (Lipinski definition) is 0. The lowest BCUT2D eigenvalue weighted by atomic mass is 10.0. The van der Waals surface area contributed by atoms with Gasteiger partial charge in [-0.25, -0.2) is 0 Å². The Kier molecular flexibility index (Phi) is 5.03. The lowest BCUT2D eigenvalue weighted by Gasteiger charge is -2.19. The summed E-state index contributed by atoms with van der Waals surface area (Å²) in [6, 6.07) is 21.8. The molecule has 0 N–H and O–H groups in total. The number of hydrogen-bond acceptors (Lipinski definition) is 5. The van der Waals surface area contributed by atoms with Crippen LogP contribution in [-0.4, -0.2) is 19.0 Å². The summed E-state index contributed by atoms with van der Waals surface area (Å²) in [7, 11) is 3.89. The molecule has 0 aliphatic carbocycles. The van der Waals surface area contributed by atoms with E-state index in [9.17, 15) is 10.1 Å². The first-order chi connectivity index (χ1) is 12.6. The van der Waals surface area contributed by atoms with Crippen LogP contribution in [0.2, 0.25) is 0 Å². The molecule has 0 atom stereocenters. The molecule has 0 unspecified atom stereocenters. The zero-order chi connectivity index (χ0) is 18.5. The van der Waals surface area contributed by atoms with E-state index in [0.29, 0.717) is 5.69 Å². The first-order valence-electron chi connectivity index (χ1n) is 8.08. The smallest absolute Gasteiger partial charge is 0.269 e. The SMILES string of the molecule is CN(C)c1cccc(/N=N/c2ccccc2)c1-c1ccc([N+](=O)[O-])cc1. The number of benzene rings is 3. The quantitative estimate of drug-likeness (QED) is 0.336. The van der Waals surface area contributed by atoms with Gasteiger partial charge in [0, 0.05) is 37.5 Å². The van der Waals surface area contributed by atoms with E-state index in [-0.39, 0.29) is 5.69 Å². The van der Waals surface area contributed by atoms with Gasteiger partial charge in [-0.2, -0.15) is 5.11 Å². The van der Waals surface area contributed by atoms with Gasteiger partial charge in [0.2, 0.25) is 0 Å². The van der Waals surface area contributed by atoms with Crippen LogP contribution in [0.25, 0.3) is 11.1 Å². The van der Waals surface area contributed by atoms with Gasteiger partial charge in [0.05, 0.1) is 16.3 Å². The van der Waals surface area contributed by atoms with Crippen LogP contribution in [0.1, 0.15) is 0 Å². The number of rotatable bonds is 5. The molecule has 0 radical (unpaired) electrons. The van der Waals surface area contributed by atoms with Crippen LogP contribution in [0.3, 0.4) is 0 Å². The fraction of sp³-hybridized carbons (Fsp3) is 0.100. The van der Waals surface area contributed by atoms with Gasteiger partial charge >= 0.3 is 0 Å². The molecule has 6 nitrogen and oxygen atoms in total. The Morgan fingerprint density at radius 1 is 0.846 bits per heavy atom. The molecule has 0 heterocycles. The van der Waals surface area contributed by atoms with Crippen LogP contribution in [0, 0.1) is 10.1 Å². The summed E-state index contributed by atoms with van der Waals surface area (Å²) in [4.78, 5) is 12.5. The van der Waals surface area contributed by atoms with Gasteiger partial charge in [-0.15, -0.1) is 5.11 Å². The zero-order valence-corrected chi connectivity index (χ0v) is 14.5. The van der Waals surface area contributed by atoms with Crippen molar-refractivity contribution in [3.8, 4) is 11.1 Å². The van der Waals surface area contributed by atoms with E-state index in [1.165, 1.54) is 12.1 Å². The van der Waals surface area contributed by atoms with Crippen molar-refractivity contribution in [1.29, 1.82) is 0 Å². The average molecular weight is 346 g/mol. The second-order valence-electron chi connectivity index (χ2n) is 5.91. The predicted octanol–water partition coefficient (Wildman–Crippen LogP) is 5.74. The number of azo groups is 1. The van der Waals surface area contributed by atoms with Crippen molar-refractivity contribution >= 4 is 22.7 Å². The van der Waals surface area contributed by atoms with Crippen LogP contribution in [0.5, 0.6) is 0 Å². The highest BCUT2D eigenvalue weighted by Gasteiger charge is 2.14. The Bertz CT molecular complexity index is 936. The van der Waals surface area contributed by atoms with Gasteiger partial charge in [0.1, 0.15) is 0 Å². The molecule has 0 aromatic heterocycles. The maximum absolute atomic E-state index is 10.9. The van der Waals surface area contributed by atoms with Crippen molar-refractivity contribution in [2.45, 2.75) is 0 Å². The Balaban J connectivity index is 2.09. The van der Waals surface area contributed by atoms with Gasteiger partial charge in [0.15, 0.2) is 0 Å². The minimum atomic E-state index is -0.405. The molecule has 0 aliphatic rings. The third-order valence-electron chi connectivity index (χ3n) is 3.90. The molecule has 0 saturated carbocycles. The molecular weight excluding hydrogens is 328 g/mol. The van der Waals surface area contributed by atoms with Gasteiger partial charge < -0.3 is 4.90 Å². The summed E-state index contributed by atoms with van der Waals surface area (Å²) in [5.74, 6) is 0. The number of anilines is 1. The van der Waals surface area contributed by atoms with Crippen molar-refractivity contribution in [3.05, 3.63) is 82.9 Å². The van der Waals surface area contributed by atoms with E-state index < -0.39 is 4.92 Å². The lowest BCUT2D eigenvalue weighted by Crippen LogP contribution is -2.09. The minimum absolute atomic E-state index is 0.0588. The summed E-state index contributed by atoms with van der Waals surface area (Å²) < 4.78 is 0. The maximum Gasteiger partial charge on any atom is 0.269 e. The molecule has 26 heavy (non-hydrogen) atoms. The van der Waals surface area contributed by atoms with E-state index in [4.69, 9.17) is 0 Å². The monoisotopic (exact) mass is 346 g/mol. The normalized spacial score (nSPS) is 10.8. The Hall–Kier alpha value is -3.54. The molecule has 0 aliphatic heterocycles. The highest BCUT2D eigenvalue weighted by Crippen LogP contribution is 2.39. The Morgan fingerprint density at radius 3 is 2.15 bits per heavy atom. The zero-order valence-electron chi connectivity index (χ0n) is 14.5. The molecule has 0 amide bonds. The minimum Gasteiger partial charge on any atom is -0.377 e. The van der Waals surface area contributed by atoms with Crippen molar-refractivity contribution in [2.24, 2.45) is 10.2 Å². The molecule has 3 rings (SSSR count). The molecule has 3 aromatic rings. The van der Waals surface area contributed by atoms with Crippen LogP contribution in [0.4, 0.5) is 22.7 Å². The van der Waals surface area contributed by atoms with E-state index >= 15 is 0 Å². The Morgan fingerprint density at radius 2 is 1.54 bits per heavy atom. The summed E-state index contributed by atoms with van der Waals surface area (Å²) in [6.07, 6.45) is 0. The van der Waals surface area contributed by atoms with Crippen molar-refractivity contribution < 1.29 is 4.92 Å². The first-order valence-corrected chi connectivity index (χ1v) is 8.08. The third-order valence-corrected chi connectivity index (χ3v) is 3.90. The highest BCUT2D eigenvalue weighted by molar-refractivity contribution is 5.87. The second-order valence-corrected chi connectivity index (χ2v) is 5.91. The van der Waals surface area contributed by atoms with Crippen LogP contribution in [-0.2, 0) is 0 Å². The lowest BCUT2D eigenvalue weighted by molar-refractivity contribution is -0.384. The maximum atomic E-state index is 10.9. The average Bonchev–Trinajstić information content (AvgIpc) is 2.67. The van der Waals surface area contributed by atoms with E-state index in [2.05, 4.69) is 10.2 Å². The fourth-order valence-electron chi connectivity index (χ4n) is 2.64. The topological polar surface area (TPSA) is 71.1 Å². The molecule has 6 heteroatoms. The second kappa shape index (κ2) is 7.57. The van der Waals surface area contributed by atoms with Crippen molar-refractivity contribution in [1.82, 2.24) is 0 Å². The number of nitro groups is 1. The van der Waals surface area contributed by atoms with E-state index in [1.54, 1.807) is 12.1 Å². The molecular formula is C20H18N4O2. The standard InChI is InChI=1S/C20H18N4O2/c1-23(2)19-10-6-9-18(22-21-16-7-4-3-5-8-16)20(19)15-11-13-17(14-12-15)24(25)26/h3-14H,1-2H3/b22-21+. The molecule has 130 valence electrons. The first kappa shape index (κ1) is 17.3. The Labute approximate surface area is 151 Å². The summed E-state index contributed by atoms with van der Waals surface area (Å²) in [6.45, 7) is 0. The van der Waals surface area contributed by atoms with Crippen molar-refractivity contribution in [2.75, 3.05) is 19.0 Å². The molecule has 0 saturated heterocycles. The largest absolute Gasteiger partial charge is 0.377 e. The third kappa shape index (κ3) is 3.75.